The zero-order valence-electron chi connectivity index (χ0n) is 10.9. The standard InChI is InChI=1S/C13H22N2O/c1-13(2,10-14-3)15(4)11-8-6-7-9-12(11)16-5/h6-9,14H,10H2,1-5H3. The minimum absolute atomic E-state index is 0.0450. The molecule has 1 aromatic carbocycles. The first kappa shape index (κ1) is 12.8. The largest absolute Gasteiger partial charge is 0.495 e. The first-order valence-corrected chi connectivity index (χ1v) is 5.54. The molecule has 0 aromatic heterocycles. The third kappa shape index (κ3) is 2.67. The Morgan fingerprint density at radius 1 is 1.31 bits per heavy atom. The Labute approximate surface area is 98.4 Å². The normalized spacial score (nSPS) is 11.3. The number of hydrogen-bond acceptors (Lipinski definition) is 3. The minimum Gasteiger partial charge on any atom is -0.495 e. The molecular weight excluding hydrogens is 200 g/mol. The smallest absolute Gasteiger partial charge is 0.142 e. The van der Waals surface area contributed by atoms with Crippen molar-refractivity contribution in [2.75, 3.05) is 32.6 Å². The van der Waals surface area contributed by atoms with Crippen LogP contribution in [-0.2, 0) is 0 Å². The van der Waals surface area contributed by atoms with E-state index < -0.39 is 0 Å². The highest BCUT2D eigenvalue weighted by atomic mass is 16.5. The highest BCUT2D eigenvalue weighted by Gasteiger charge is 2.24. The van der Waals surface area contributed by atoms with Gasteiger partial charge in [-0.05, 0) is 33.0 Å². The average molecular weight is 222 g/mol. The van der Waals surface area contributed by atoms with Crippen LogP contribution in [0.15, 0.2) is 24.3 Å². The maximum absolute atomic E-state index is 5.38. The molecule has 16 heavy (non-hydrogen) atoms. The van der Waals surface area contributed by atoms with Crippen molar-refractivity contribution in [2.24, 2.45) is 0 Å². The molecule has 0 unspecified atom stereocenters. The van der Waals surface area contributed by atoms with Crippen LogP contribution in [0.25, 0.3) is 0 Å². The van der Waals surface area contributed by atoms with Crippen molar-refractivity contribution < 1.29 is 4.74 Å². The summed E-state index contributed by atoms with van der Waals surface area (Å²) in [6.07, 6.45) is 0. The molecule has 0 amide bonds. The number of nitrogens with zero attached hydrogens (tertiary/aromatic N) is 1. The van der Waals surface area contributed by atoms with Crippen molar-refractivity contribution in [1.29, 1.82) is 0 Å². The predicted molar refractivity (Wildman–Crippen MR) is 69.4 cm³/mol. The molecule has 1 N–H and O–H groups in total. The van der Waals surface area contributed by atoms with E-state index >= 15 is 0 Å². The van der Waals surface area contributed by atoms with Crippen LogP contribution in [0.1, 0.15) is 13.8 Å². The second-order valence-electron chi connectivity index (χ2n) is 4.57. The van der Waals surface area contributed by atoms with E-state index in [1.54, 1.807) is 7.11 Å². The Balaban J connectivity index is 2.99. The lowest BCUT2D eigenvalue weighted by Gasteiger charge is -2.38. The van der Waals surface area contributed by atoms with Crippen LogP contribution in [0.3, 0.4) is 0 Å². The first-order valence-electron chi connectivity index (χ1n) is 5.54. The molecule has 0 saturated carbocycles. The zero-order valence-corrected chi connectivity index (χ0v) is 10.9. The van der Waals surface area contributed by atoms with Crippen LogP contribution in [0, 0.1) is 0 Å². The van der Waals surface area contributed by atoms with Crippen molar-refractivity contribution in [2.45, 2.75) is 19.4 Å². The quantitative estimate of drug-likeness (QED) is 0.826. The molecular formula is C13H22N2O. The van der Waals surface area contributed by atoms with E-state index in [9.17, 15) is 0 Å². The Kier molecular flexibility index (Phi) is 4.19. The van der Waals surface area contributed by atoms with Gasteiger partial charge in [0.05, 0.1) is 12.8 Å². The van der Waals surface area contributed by atoms with Crippen molar-refractivity contribution in [3.63, 3.8) is 0 Å². The van der Waals surface area contributed by atoms with Crippen molar-refractivity contribution in [1.82, 2.24) is 5.32 Å². The molecule has 0 heterocycles. The van der Waals surface area contributed by atoms with E-state index in [1.165, 1.54) is 0 Å². The van der Waals surface area contributed by atoms with Gasteiger partial charge in [-0.15, -0.1) is 0 Å². The van der Waals surface area contributed by atoms with Gasteiger partial charge in [0.2, 0.25) is 0 Å². The van der Waals surface area contributed by atoms with E-state index in [-0.39, 0.29) is 5.54 Å². The third-order valence-corrected chi connectivity index (χ3v) is 2.96. The lowest BCUT2D eigenvalue weighted by Crippen LogP contribution is -2.48. The zero-order chi connectivity index (χ0) is 12.2. The number of benzene rings is 1. The monoisotopic (exact) mass is 222 g/mol. The van der Waals surface area contributed by atoms with Crippen molar-refractivity contribution in [3.05, 3.63) is 24.3 Å². The fraction of sp³-hybridized carbons (Fsp3) is 0.538. The Bertz CT molecular complexity index is 336. The Morgan fingerprint density at radius 2 is 1.94 bits per heavy atom. The Hall–Kier alpha value is -1.22. The highest BCUT2D eigenvalue weighted by Crippen LogP contribution is 2.30. The first-order chi connectivity index (χ1) is 7.53. The molecule has 0 aliphatic carbocycles. The topological polar surface area (TPSA) is 24.5 Å². The highest BCUT2D eigenvalue weighted by molar-refractivity contribution is 5.59. The minimum atomic E-state index is 0.0450. The van der Waals surface area contributed by atoms with Crippen LogP contribution in [0.2, 0.25) is 0 Å². The van der Waals surface area contributed by atoms with E-state index in [2.05, 4.69) is 37.2 Å². The van der Waals surface area contributed by atoms with Gasteiger partial charge in [-0.2, -0.15) is 0 Å². The van der Waals surface area contributed by atoms with Gasteiger partial charge in [0.1, 0.15) is 5.75 Å². The molecule has 1 rings (SSSR count). The number of anilines is 1. The molecule has 0 saturated heterocycles. The third-order valence-electron chi connectivity index (χ3n) is 2.96. The second-order valence-corrected chi connectivity index (χ2v) is 4.57. The lowest BCUT2D eigenvalue weighted by atomic mass is 10.0. The molecule has 3 heteroatoms. The van der Waals surface area contributed by atoms with Gasteiger partial charge in [0, 0.05) is 19.1 Å². The molecule has 90 valence electrons. The van der Waals surface area contributed by atoms with Gasteiger partial charge in [0.15, 0.2) is 0 Å². The van der Waals surface area contributed by atoms with Gasteiger partial charge < -0.3 is 15.0 Å². The molecule has 0 atom stereocenters. The lowest BCUT2D eigenvalue weighted by molar-refractivity contribution is 0.405. The fourth-order valence-corrected chi connectivity index (χ4v) is 1.78. The molecule has 0 radical (unpaired) electrons. The summed E-state index contributed by atoms with van der Waals surface area (Å²) in [5.41, 5.74) is 1.16. The number of likely N-dealkylation sites (N-methyl/N-ethyl adjacent to an activating group) is 2. The Morgan fingerprint density at radius 3 is 2.50 bits per heavy atom. The van der Waals surface area contributed by atoms with Gasteiger partial charge >= 0.3 is 0 Å². The summed E-state index contributed by atoms with van der Waals surface area (Å²) in [7, 11) is 5.77. The SMILES string of the molecule is CNCC(C)(C)N(C)c1ccccc1OC. The molecule has 0 fully saturated rings. The summed E-state index contributed by atoms with van der Waals surface area (Å²) >= 11 is 0. The molecule has 0 aliphatic heterocycles. The molecule has 1 aromatic rings. The number of ether oxygens (including phenoxy) is 1. The van der Waals surface area contributed by atoms with E-state index in [4.69, 9.17) is 4.74 Å². The number of nitrogens with one attached hydrogen (secondary N) is 1. The van der Waals surface area contributed by atoms with Gasteiger partial charge in [-0.3, -0.25) is 0 Å². The summed E-state index contributed by atoms with van der Waals surface area (Å²) in [4.78, 5) is 2.24. The maximum Gasteiger partial charge on any atom is 0.142 e. The summed E-state index contributed by atoms with van der Waals surface area (Å²) in [5, 5.41) is 3.21. The predicted octanol–water partition coefficient (Wildman–Crippen LogP) is 2.13. The molecule has 0 bridgehead atoms. The summed E-state index contributed by atoms with van der Waals surface area (Å²) < 4.78 is 5.38. The van der Waals surface area contributed by atoms with Crippen LogP contribution in [0.4, 0.5) is 5.69 Å². The van der Waals surface area contributed by atoms with Crippen LogP contribution in [-0.4, -0.2) is 33.3 Å². The van der Waals surface area contributed by atoms with E-state index in [1.807, 2.05) is 25.2 Å². The maximum atomic E-state index is 5.38. The summed E-state index contributed by atoms with van der Waals surface area (Å²) in [6, 6.07) is 8.09. The van der Waals surface area contributed by atoms with Crippen LogP contribution >= 0.6 is 0 Å². The second kappa shape index (κ2) is 5.21. The van der Waals surface area contributed by atoms with Crippen LogP contribution in [0.5, 0.6) is 5.75 Å². The average Bonchev–Trinajstić information content (AvgIpc) is 2.28. The number of rotatable bonds is 5. The number of para-hydroxylation sites is 2. The molecule has 3 nitrogen and oxygen atoms in total. The number of methoxy groups -OCH3 is 1. The van der Waals surface area contributed by atoms with Crippen molar-refractivity contribution in [3.8, 4) is 5.75 Å². The fourth-order valence-electron chi connectivity index (χ4n) is 1.78. The van der Waals surface area contributed by atoms with E-state index in [0.717, 1.165) is 18.0 Å². The van der Waals surface area contributed by atoms with Gasteiger partial charge in [-0.25, -0.2) is 0 Å². The number of hydrogen-bond donors (Lipinski definition) is 1. The molecule has 0 aliphatic rings. The summed E-state index contributed by atoms with van der Waals surface area (Å²) in [6.45, 7) is 5.33. The van der Waals surface area contributed by atoms with Crippen molar-refractivity contribution >= 4 is 5.69 Å². The van der Waals surface area contributed by atoms with Gasteiger partial charge in [0.25, 0.3) is 0 Å². The van der Waals surface area contributed by atoms with Gasteiger partial charge in [-0.1, -0.05) is 12.1 Å². The van der Waals surface area contributed by atoms with Crippen LogP contribution < -0.4 is 15.0 Å². The molecule has 0 spiro atoms. The summed E-state index contributed by atoms with van der Waals surface area (Å²) in [5.74, 6) is 0.911. The van der Waals surface area contributed by atoms with E-state index in [0.29, 0.717) is 0 Å².